The molecule has 0 bridgehead atoms. The van der Waals surface area contributed by atoms with Crippen LogP contribution in [0.1, 0.15) is 6.42 Å². The fourth-order valence-electron chi connectivity index (χ4n) is 2.42. The summed E-state index contributed by atoms with van der Waals surface area (Å²) >= 11 is 6.16. The summed E-state index contributed by atoms with van der Waals surface area (Å²) in [5.74, 6) is 0.771. The zero-order valence-electron chi connectivity index (χ0n) is 11.0. The third kappa shape index (κ3) is 2.65. The van der Waals surface area contributed by atoms with Crippen molar-refractivity contribution in [3.05, 3.63) is 41.4 Å². The van der Waals surface area contributed by atoms with Crippen LogP contribution < -0.4 is 4.74 Å². The molecular weight excluding hydrogens is 276 g/mol. The first kappa shape index (κ1) is 13.4. The predicted octanol–water partition coefficient (Wildman–Crippen LogP) is 3.48. The molecule has 0 aliphatic carbocycles. The first-order valence-electron chi connectivity index (χ1n) is 6.66. The fraction of sp³-hybridized carbons (Fsp3) is 0.312. The number of ether oxygens (including phenoxy) is 2. The first-order chi connectivity index (χ1) is 9.75. The highest BCUT2D eigenvalue weighted by Crippen LogP contribution is 2.31. The summed E-state index contributed by atoms with van der Waals surface area (Å²) in [5, 5.41) is 2.54. The number of rotatable bonds is 4. The van der Waals surface area contributed by atoms with Crippen LogP contribution in [-0.4, -0.2) is 25.6 Å². The van der Waals surface area contributed by atoms with Crippen molar-refractivity contribution in [1.82, 2.24) is 0 Å². The molecule has 1 fully saturated rings. The Balaban J connectivity index is 1.77. The number of hydrogen-bond acceptors (Lipinski definition) is 3. The molecule has 0 amide bonds. The highest BCUT2D eigenvalue weighted by molar-refractivity contribution is 6.35. The molecule has 1 aliphatic rings. The largest absolute Gasteiger partial charge is 0.485 e. The number of carbonyl (C=O) groups excluding carboxylic acids is 1. The Hall–Kier alpha value is -1.58. The van der Waals surface area contributed by atoms with Gasteiger partial charge in [0.25, 0.3) is 0 Å². The molecule has 0 aromatic heterocycles. The third-order valence-corrected chi connectivity index (χ3v) is 3.92. The number of fused-ring (bicyclic) bond motifs is 1. The smallest absolute Gasteiger partial charge is 0.175 e. The average molecular weight is 291 g/mol. The average Bonchev–Trinajstić information content (AvgIpc) is 3.01. The monoisotopic (exact) mass is 290 g/mol. The Kier molecular flexibility index (Phi) is 3.90. The van der Waals surface area contributed by atoms with Crippen molar-refractivity contribution in [2.45, 2.75) is 6.42 Å². The van der Waals surface area contributed by atoms with E-state index in [1.807, 2.05) is 30.3 Å². The molecule has 1 aliphatic heterocycles. The molecule has 20 heavy (non-hydrogen) atoms. The van der Waals surface area contributed by atoms with Crippen LogP contribution in [0.4, 0.5) is 0 Å². The molecule has 1 heterocycles. The fourth-order valence-corrected chi connectivity index (χ4v) is 2.64. The van der Waals surface area contributed by atoms with E-state index in [0.717, 1.165) is 17.2 Å². The van der Waals surface area contributed by atoms with Crippen molar-refractivity contribution < 1.29 is 14.3 Å². The van der Waals surface area contributed by atoms with Gasteiger partial charge in [-0.1, -0.05) is 35.9 Å². The second-order valence-corrected chi connectivity index (χ2v) is 5.31. The molecule has 1 saturated heterocycles. The van der Waals surface area contributed by atoms with Crippen molar-refractivity contribution in [3.63, 3.8) is 0 Å². The second kappa shape index (κ2) is 5.81. The first-order valence-corrected chi connectivity index (χ1v) is 7.04. The molecule has 0 N–H and O–H groups in total. The van der Waals surface area contributed by atoms with E-state index in [4.69, 9.17) is 21.1 Å². The third-order valence-electron chi connectivity index (χ3n) is 3.59. The van der Waals surface area contributed by atoms with Crippen molar-refractivity contribution in [1.29, 1.82) is 0 Å². The van der Waals surface area contributed by atoms with Crippen LogP contribution in [0.15, 0.2) is 36.4 Å². The molecule has 1 unspecified atom stereocenters. The van der Waals surface area contributed by atoms with Crippen LogP contribution in [0, 0.1) is 5.92 Å². The molecule has 1 atom stereocenters. The zero-order valence-corrected chi connectivity index (χ0v) is 11.7. The van der Waals surface area contributed by atoms with Gasteiger partial charge in [-0.15, -0.1) is 0 Å². The SMILES string of the molecule is O=C(COc1ccc(Cl)c2ccccc12)C1CCOC1. The maximum Gasteiger partial charge on any atom is 0.175 e. The molecular formula is C16H15ClO3. The summed E-state index contributed by atoms with van der Waals surface area (Å²) in [7, 11) is 0. The standard InChI is InChI=1S/C16H15ClO3/c17-14-5-6-16(13-4-2-1-3-12(13)14)20-10-15(18)11-7-8-19-9-11/h1-6,11H,7-10H2. The van der Waals surface area contributed by atoms with Crippen molar-refractivity contribution in [2.75, 3.05) is 19.8 Å². The Labute approximate surface area is 122 Å². The van der Waals surface area contributed by atoms with Gasteiger partial charge in [0, 0.05) is 28.3 Å². The van der Waals surface area contributed by atoms with Gasteiger partial charge >= 0.3 is 0 Å². The van der Waals surface area contributed by atoms with E-state index in [-0.39, 0.29) is 18.3 Å². The summed E-state index contributed by atoms with van der Waals surface area (Å²) in [4.78, 5) is 12.0. The number of Topliss-reactive ketones (excluding diaryl/α,β-unsaturated/α-hetero) is 1. The van der Waals surface area contributed by atoms with Gasteiger partial charge in [0.15, 0.2) is 5.78 Å². The molecule has 4 heteroatoms. The summed E-state index contributed by atoms with van der Waals surface area (Å²) in [6, 6.07) is 11.3. The van der Waals surface area contributed by atoms with Gasteiger partial charge in [-0.25, -0.2) is 0 Å². The van der Waals surface area contributed by atoms with Crippen molar-refractivity contribution in [2.24, 2.45) is 5.92 Å². The minimum Gasteiger partial charge on any atom is -0.485 e. The van der Waals surface area contributed by atoms with Crippen LogP contribution in [0.2, 0.25) is 5.02 Å². The number of hydrogen-bond donors (Lipinski definition) is 0. The van der Waals surface area contributed by atoms with E-state index in [0.29, 0.717) is 24.0 Å². The van der Waals surface area contributed by atoms with E-state index in [9.17, 15) is 4.79 Å². The Morgan fingerprint density at radius 1 is 1.25 bits per heavy atom. The van der Waals surface area contributed by atoms with Gasteiger partial charge in [-0.05, 0) is 18.6 Å². The molecule has 2 aromatic carbocycles. The molecule has 3 rings (SSSR count). The van der Waals surface area contributed by atoms with Crippen LogP contribution >= 0.6 is 11.6 Å². The second-order valence-electron chi connectivity index (χ2n) is 4.91. The summed E-state index contributed by atoms with van der Waals surface area (Å²) < 4.78 is 10.9. The number of benzene rings is 2. The minimum absolute atomic E-state index is 0.0198. The number of halogens is 1. The lowest BCUT2D eigenvalue weighted by molar-refractivity contribution is -0.124. The highest BCUT2D eigenvalue weighted by Gasteiger charge is 2.23. The van der Waals surface area contributed by atoms with Gasteiger partial charge < -0.3 is 9.47 Å². The number of carbonyl (C=O) groups is 1. The van der Waals surface area contributed by atoms with Gasteiger partial charge in [0.05, 0.1) is 6.61 Å². The van der Waals surface area contributed by atoms with E-state index in [2.05, 4.69) is 0 Å². The zero-order chi connectivity index (χ0) is 13.9. The summed E-state index contributed by atoms with van der Waals surface area (Å²) in [6.45, 7) is 1.27. The molecule has 0 saturated carbocycles. The lowest BCUT2D eigenvalue weighted by Crippen LogP contribution is -2.21. The normalized spacial score (nSPS) is 18.4. The lowest BCUT2D eigenvalue weighted by atomic mass is 10.0. The molecule has 3 nitrogen and oxygen atoms in total. The van der Waals surface area contributed by atoms with Gasteiger partial charge in [-0.3, -0.25) is 4.79 Å². The highest BCUT2D eigenvalue weighted by atomic mass is 35.5. The molecule has 2 aromatic rings. The Morgan fingerprint density at radius 2 is 2.05 bits per heavy atom. The summed E-state index contributed by atoms with van der Waals surface area (Å²) in [5.41, 5.74) is 0. The maximum absolute atomic E-state index is 12.0. The van der Waals surface area contributed by atoms with Crippen LogP contribution in [-0.2, 0) is 9.53 Å². The van der Waals surface area contributed by atoms with E-state index in [1.165, 1.54) is 0 Å². The van der Waals surface area contributed by atoms with Gasteiger partial charge in [-0.2, -0.15) is 0 Å². The van der Waals surface area contributed by atoms with Crippen molar-refractivity contribution in [3.8, 4) is 5.75 Å². The van der Waals surface area contributed by atoms with E-state index in [1.54, 1.807) is 6.07 Å². The predicted molar refractivity (Wildman–Crippen MR) is 78.4 cm³/mol. The minimum atomic E-state index is -0.0198. The van der Waals surface area contributed by atoms with Crippen LogP contribution in [0.3, 0.4) is 0 Å². The molecule has 0 radical (unpaired) electrons. The maximum atomic E-state index is 12.0. The summed E-state index contributed by atoms with van der Waals surface area (Å²) in [6.07, 6.45) is 0.795. The van der Waals surface area contributed by atoms with Gasteiger partial charge in [0.2, 0.25) is 0 Å². The molecule has 0 spiro atoms. The quantitative estimate of drug-likeness (QED) is 0.865. The molecule has 104 valence electrons. The topological polar surface area (TPSA) is 35.5 Å². The van der Waals surface area contributed by atoms with E-state index >= 15 is 0 Å². The van der Waals surface area contributed by atoms with E-state index < -0.39 is 0 Å². The van der Waals surface area contributed by atoms with Gasteiger partial charge in [0.1, 0.15) is 12.4 Å². The van der Waals surface area contributed by atoms with Crippen LogP contribution in [0.5, 0.6) is 5.75 Å². The van der Waals surface area contributed by atoms with Crippen LogP contribution in [0.25, 0.3) is 10.8 Å². The Bertz CT molecular complexity index is 633. The van der Waals surface area contributed by atoms with Crippen molar-refractivity contribution >= 4 is 28.2 Å². The lowest BCUT2D eigenvalue weighted by Gasteiger charge is -2.11. The Morgan fingerprint density at radius 3 is 2.80 bits per heavy atom. The number of ketones is 1.